The molecule has 4 rings (SSSR count). The Morgan fingerprint density at radius 2 is 2.07 bits per heavy atom. The van der Waals surface area contributed by atoms with Crippen molar-refractivity contribution in [1.29, 1.82) is 0 Å². The fourth-order valence-electron chi connectivity index (χ4n) is 3.34. The van der Waals surface area contributed by atoms with E-state index in [1.54, 1.807) is 29.2 Å². The number of aromatic nitrogens is 5. The van der Waals surface area contributed by atoms with E-state index >= 15 is 0 Å². The smallest absolute Gasteiger partial charge is 0.213 e. The SMILES string of the molecule is Cn1nnc(-c2ccccn2)c1COc1ccc(C(=O)CC2CCOCC2)cn1. The summed E-state index contributed by atoms with van der Waals surface area (Å²) in [7, 11) is 1.81. The number of ether oxygens (including phenoxy) is 2. The second-order valence-electron chi connectivity index (χ2n) is 7.08. The molecule has 0 radical (unpaired) electrons. The first-order valence-corrected chi connectivity index (χ1v) is 9.70. The molecular formula is C21H23N5O3. The molecule has 0 bridgehead atoms. The Labute approximate surface area is 168 Å². The first-order valence-electron chi connectivity index (χ1n) is 9.70. The molecule has 0 amide bonds. The average Bonchev–Trinajstić information content (AvgIpc) is 3.14. The zero-order valence-electron chi connectivity index (χ0n) is 16.3. The van der Waals surface area contributed by atoms with Crippen LogP contribution >= 0.6 is 0 Å². The molecule has 0 aliphatic carbocycles. The van der Waals surface area contributed by atoms with E-state index in [-0.39, 0.29) is 12.4 Å². The number of hydrogen-bond donors (Lipinski definition) is 0. The van der Waals surface area contributed by atoms with E-state index in [4.69, 9.17) is 9.47 Å². The molecule has 4 heterocycles. The topological polar surface area (TPSA) is 92.0 Å². The number of ketones is 1. The molecule has 1 aliphatic rings. The summed E-state index contributed by atoms with van der Waals surface area (Å²) < 4.78 is 12.8. The van der Waals surface area contributed by atoms with Crippen molar-refractivity contribution < 1.29 is 14.3 Å². The minimum absolute atomic E-state index is 0.115. The van der Waals surface area contributed by atoms with Crippen LogP contribution in [0.1, 0.15) is 35.3 Å². The van der Waals surface area contributed by atoms with E-state index in [0.29, 0.717) is 29.5 Å². The largest absolute Gasteiger partial charge is 0.471 e. The predicted octanol–water partition coefficient (Wildman–Crippen LogP) is 2.85. The van der Waals surface area contributed by atoms with Crippen molar-refractivity contribution in [3.05, 3.63) is 54.0 Å². The highest BCUT2D eigenvalue weighted by molar-refractivity contribution is 5.95. The van der Waals surface area contributed by atoms with Crippen LogP contribution in [0.2, 0.25) is 0 Å². The van der Waals surface area contributed by atoms with Crippen molar-refractivity contribution >= 4 is 5.78 Å². The van der Waals surface area contributed by atoms with Crippen LogP contribution in [-0.4, -0.2) is 44.0 Å². The number of rotatable bonds is 7. The number of carbonyl (C=O) groups excluding carboxylic acids is 1. The zero-order valence-corrected chi connectivity index (χ0v) is 16.3. The Morgan fingerprint density at radius 3 is 2.79 bits per heavy atom. The molecule has 29 heavy (non-hydrogen) atoms. The molecule has 0 atom stereocenters. The van der Waals surface area contributed by atoms with Crippen LogP contribution in [-0.2, 0) is 18.4 Å². The van der Waals surface area contributed by atoms with Gasteiger partial charge in [-0.3, -0.25) is 9.78 Å². The monoisotopic (exact) mass is 393 g/mol. The number of pyridine rings is 2. The van der Waals surface area contributed by atoms with Gasteiger partial charge < -0.3 is 9.47 Å². The van der Waals surface area contributed by atoms with Gasteiger partial charge in [0.05, 0.1) is 5.69 Å². The molecule has 1 fully saturated rings. The third-order valence-electron chi connectivity index (χ3n) is 5.08. The number of hydrogen-bond acceptors (Lipinski definition) is 7. The van der Waals surface area contributed by atoms with Crippen LogP contribution in [0.25, 0.3) is 11.4 Å². The summed E-state index contributed by atoms with van der Waals surface area (Å²) in [5, 5.41) is 8.26. The fraction of sp³-hybridized carbons (Fsp3) is 0.381. The van der Waals surface area contributed by atoms with E-state index < -0.39 is 0 Å². The summed E-state index contributed by atoms with van der Waals surface area (Å²) in [4.78, 5) is 21.1. The second kappa shape index (κ2) is 8.91. The number of carbonyl (C=O) groups is 1. The molecule has 8 heteroatoms. The highest BCUT2D eigenvalue weighted by Gasteiger charge is 2.19. The van der Waals surface area contributed by atoms with E-state index in [0.717, 1.165) is 37.4 Å². The van der Waals surface area contributed by atoms with Crippen LogP contribution in [0.5, 0.6) is 5.88 Å². The normalized spacial score (nSPS) is 14.7. The summed E-state index contributed by atoms with van der Waals surface area (Å²) in [6.07, 6.45) is 5.72. The van der Waals surface area contributed by atoms with Gasteiger partial charge in [-0.25, -0.2) is 9.67 Å². The van der Waals surface area contributed by atoms with E-state index in [2.05, 4.69) is 20.3 Å². The van der Waals surface area contributed by atoms with Gasteiger partial charge in [-0.05, 0) is 37.0 Å². The average molecular weight is 393 g/mol. The predicted molar refractivity (Wildman–Crippen MR) is 105 cm³/mol. The van der Waals surface area contributed by atoms with Crippen LogP contribution in [0, 0.1) is 5.92 Å². The van der Waals surface area contributed by atoms with E-state index in [9.17, 15) is 4.79 Å². The maximum Gasteiger partial charge on any atom is 0.213 e. The lowest BCUT2D eigenvalue weighted by Crippen LogP contribution is -2.18. The van der Waals surface area contributed by atoms with Gasteiger partial charge in [-0.1, -0.05) is 11.3 Å². The molecular weight excluding hydrogens is 370 g/mol. The van der Waals surface area contributed by atoms with Crippen LogP contribution in [0.4, 0.5) is 0 Å². The third-order valence-corrected chi connectivity index (χ3v) is 5.08. The molecule has 1 saturated heterocycles. The molecule has 0 saturated carbocycles. The number of nitrogens with zero attached hydrogens (tertiary/aromatic N) is 5. The highest BCUT2D eigenvalue weighted by atomic mass is 16.5. The summed E-state index contributed by atoms with van der Waals surface area (Å²) in [5.74, 6) is 0.958. The second-order valence-corrected chi connectivity index (χ2v) is 7.08. The molecule has 3 aromatic rings. The lowest BCUT2D eigenvalue weighted by Gasteiger charge is -2.21. The van der Waals surface area contributed by atoms with Gasteiger partial charge in [-0.2, -0.15) is 0 Å². The van der Waals surface area contributed by atoms with Gasteiger partial charge in [0.25, 0.3) is 0 Å². The lowest BCUT2D eigenvalue weighted by molar-refractivity contribution is 0.0601. The minimum atomic E-state index is 0.115. The molecule has 8 nitrogen and oxygen atoms in total. The molecule has 0 N–H and O–H groups in total. The Kier molecular flexibility index (Phi) is 5.90. The maximum atomic E-state index is 12.5. The lowest BCUT2D eigenvalue weighted by atomic mass is 9.92. The van der Waals surface area contributed by atoms with Gasteiger partial charge in [0.15, 0.2) is 5.78 Å². The zero-order chi connectivity index (χ0) is 20.1. The van der Waals surface area contributed by atoms with Crippen molar-refractivity contribution in [3.8, 4) is 17.3 Å². The van der Waals surface area contributed by atoms with Gasteiger partial charge in [0, 0.05) is 50.7 Å². The standard InChI is InChI=1S/C21H23N5O3/c1-26-18(21(24-25-26)17-4-2-3-9-22-17)14-29-20-6-5-16(13-23-20)19(27)12-15-7-10-28-11-8-15/h2-6,9,13,15H,7-8,10-12,14H2,1H3. The van der Waals surface area contributed by atoms with Crippen LogP contribution < -0.4 is 4.74 Å². The maximum absolute atomic E-state index is 12.5. The first-order chi connectivity index (χ1) is 14.2. The summed E-state index contributed by atoms with van der Waals surface area (Å²) in [6.45, 7) is 1.73. The highest BCUT2D eigenvalue weighted by Crippen LogP contribution is 2.22. The quantitative estimate of drug-likeness (QED) is 0.570. The first kappa shape index (κ1) is 19.2. The molecule has 1 aliphatic heterocycles. The Morgan fingerprint density at radius 1 is 1.21 bits per heavy atom. The minimum Gasteiger partial charge on any atom is -0.471 e. The molecule has 0 aromatic carbocycles. The Balaban J connectivity index is 1.39. The van der Waals surface area contributed by atoms with Crippen molar-refractivity contribution in [2.24, 2.45) is 13.0 Å². The summed E-state index contributed by atoms with van der Waals surface area (Å²) >= 11 is 0. The molecule has 3 aromatic heterocycles. The van der Waals surface area contributed by atoms with Crippen molar-refractivity contribution in [3.63, 3.8) is 0 Å². The van der Waals surface area contributed by atoms with Crippen LogP contribution in [0.15, 0.2) is 42.7 Å². The number of Topliss-reactive ketones (excluding diaryl/α,β-unsaturated/α-hetero) is 1. The fourth-order valence-corrected chi connectivity index (χ4v) is 3.34. The van der Waals surface area contributed by atoms with Crippen LogP contribution in [0.3, 0.4) is 0 Å². The van der Waals surface area contributed by atoms with E-state index in [1.807, 2.05) is 25.2 Å². The Hall–Kier alpha value is -3.13. The third kappa shape index (κ3) is 4.65. The number of aryl methyl sites for hydroxylation is 1. The van der Waals surface area contributed by atoms with E-state index in [1.165, 1.54) is 0 Å². The van der Waals surface area contributed by atoms with Gasteiger partial charge in [0.2, 0.25) is 5.88 Å². The summed E-state index contributed by atoms with van der Waals surface area (Å²) in [6, 6.07) is 9.13. The molecule has 0 unspecified atom stereocenters. The van der Waals surface area contributed by atoms with Crippen molar-refractivity contribution in [2.75, 3.05) is 13.2 Å². The van der Waals surface area contributed by atoms with Gasteiger partial charge >= 0.3 is 0 Å². The van der Waals surface area contributed by atoms with Gasteiger partial charge in [-0.15, -0.1) is 5.10 Å². The Bertz CT molecular complexity index is 950. The summed E-state index contributed by atoms with van der Waals surface area (Å²) in [5.41, 5.74) is 2.82. The molecule has 0 spiro atoms. The van der Waals surface area contributed by atoms with Crippen molar-refractivity contribution in [2.45, 2.75) is 25.9 Å². The molecule has 150 valence electrons. The van der Waals surface area contributed by atoms with Crippen molar-refractivity contribution in [1.82, 2.24) is 25.0 Å². The van der Waals surface area contributed by atoms with Gasteiger partial charge in [0.1, 0.15) is 18.0 Å².